The maximum Gasteiger partial charge on any atom is 0.0900 e. The predicted molar refractivity (Wildman–Crippen MR) is 330 cm³/mol. The molecule has 0 aliphatic carbocycles. The number of aryl methyl sites for hydroxylation is 6. The highest BCUT2D eigenvalue weighted by atomic mass is 32.1. The van der Waals surface area contributed by atoms with Gasteiger partial charge in [0, 0.05) is 29.3 Å². The highest BCUT2D eigenvalue weighted by Crippen LogP contribution is 2.36. The first-order chi connectivity index (χ1) is 33.2. The van der Waals surface area contributed by atoms with Crippen molar-refractivity contribution in [3.8, 4) is 0 Å². The molecule has 0 unspecified atom stereocenters. The second-order valence-corrected chi connectivity index (χ2v) is 29.0. The van der Waals surface area contributed by atoms with Crippen molar-refractivity contribution < 1.29 is 0 Å². The zero-order valence-corrected chi connectivity index (χ0v) is 56.0. The summed E-state index contributed by atoms with van der Waals surface area (Å²) in [5.74, 6) is 7.17. The number of aromatic nitrogens is 6. The lowest BCUT2D eigenvalue weighted by Crippen LogP contribution is -1.97. The lowest BCUT2D eigenvalue weighted by atomic mass is 9.96. The largest absolute Gasteiger partial charge is 0.246 e. The van der Waals surface area contributed by atoms with Gasteiger partial charge in [0.15, 0.2) is 0 Å². The summed E-state index contributed by atoms with van der Waals surface area (Å²) in [5, 5.41) is 2.39. The molecule has 6 aromatic heterocycles. The average molecular weight is 1100 g/mol. The monoisotopic (exact) mass is 1100 g/mol. The van der Waals surface area contributed by atoms with Crippen LogP contribution in [-0.4, -0.2) is 27.5 Å². The molecule has 0 saturated carbocycles. The number of nitrogens with zero attached hydrogens (tertiary/aromatic N) is 6. The van der Waals surface area contributed by atoms with Gasteiger partial charge in [0.05, 0.1) is 44.2 Å². The van der Waals surface area contributed by atoms with Crippen molar-refractivity contribution in [1.29, 1.82) is 0 Å². The molecule has 0 aliphatic rings. The van der Waals surface area contributed by atoms with E-state index in [1.54, 1.807) is 46.1 Å². The topological polar surface area (TPSA) is 77.3 Å². The standard InChI is InChI=1S/6C10H17NS/c2*1-6(2)9-10(7(3)4)12-8(5)11-9;2*1-6(2)9-8(5)12-11-10(9)7(3)4;2*1-6(2)9-8(5)11-12-10(9)7(3)4/h6*6-7H,1-5H3. The zero-order chi connectivity index (χ0) is 55.8. The van der Waals surface area contributed by atoms with Crippen molar-refractivity contribution >= 4 is 68.8 Å². The van der Waals surface area contributed by atoms with Crippen molar-refractivity contribution in [2.75, 3.05) is 0 Å². The summed E-state index contributed by atoms with van der Waals surface area (Å²) in [6.07, 6.45) is 0. The molecule has 0 N–H and O–H groups in total. The summed E-state index contributed by atoms with van der Waals surface area (Å²) < 4.78 is 17.8. The van der Waals surface area contributed by atoms with Crippen LogP contribution in [0.4, 0.5) is 0 Å². The Morgan fingerprint density at radius 3 is 0.667 bits per heavy atom. The lowest BCUT2D eigenvalue weighted by molar-refractivity contribution is 0.772. The minimum absolute atomic E-state index is 0.562. The van der Waals surface area contributed by atoms with Crippen LogP contribution in [0.2, 0.25) is 0 Å². The normalized spacial score (nSPS) is 11.6. The molecular weight excluding hydrogens is 997 g/mol. The van der Waals surface area contributed by atoms with Crippen molar-refractivity contribution in [3.63, 3.8) is 0 Å². The molecule has 6 aromatic rings. The van der Waals surface area contributed by atoms with E-state index in [2.05, 4.69) is 235 Å². The van der Waals surface area contributed by atoms with Crippen LogP contribution in [0.5, 0.6) is 0 Å². The smallest absolute Gasteiger partial charge is 0.0900 e. The van der Waals surface area contributed by atoms with E-state index in [4.69, 9.17) is 0 Å². The van der Waals surface area contributed by atoms with Crippen LogP contribution >= 0.6 is 68.8 Å². The third-order valence-electron chi connectivity index (χ3n) is 11.9. The van der Waals surface area contributed by atoms with Crippen molar-refractivity contribution in [2.45, 2.75) is 279 Å². The predicted octanol–water partition coefficient (Wildman–Crippen LogP) is 22.2. The Hall–Kier alpha value is -2.22. The Labute approximate surface area is 467 Å². The molecular formula is C60H102N6S6. The summed E-state index contributed by atoms with van der Waals surface area (Å²) >= 11 is 10.3. The molecule has 6 heterocycles. The molecule has 0 atom stereocenters. The molecule has 72 heavy (non-hydrogen) atoms. The van der Waals surface area contributed by atoms with Crippen molar-refractivity contribution in [3.05, 3.63) is 95.7 Å². The Balaban J connectivity index is 0.000000432. The van der Waals surface area contributed by atoms with Gasteiger partial charge in [0.25, 0.3) is 0 Å². The van der Waals surface area contributed by atoms with Crippen LogP contribution < -0.4 is 0 Å². The third-order valence-corrected chi connectivity index (χ3v) is 18.6. The first kappa shape index (κ1) is 67.8. The summed E-state index contributed by atoms with van der Waals surface area (Å²) in [6.45, 7) is 66.2. The second-order valence-electron chi connectivity index (χ2n) is 23.0. The fraction of sp³-hybridized carbons (Fsp3) is 0.700. The number of hydrogen-bond acceptors (Lipinski definition) is 12. The molecule has 408 valence electrons. The van der Waals surface area contributed by atoms with Gasteiger partial charge in [-0.15, -0.1) is 22.7 Å². The van der Waals surface area contributed by atoms with Gasteiger partial charge >= 0.3 is 0 Å². The van der Waals surface area contributed by atoms with Gasteiger partial charge in [-0.1, -0.05) is 166 Å². The molecule has 0 aromatic carbocycles. The molecule has 0 fully saturated rings. The molecule has 6 rings (SSSR count). The number of hydrogen-bond donors (Lipinski definition) is 0. The summed E-state index contributed by atoms with van der Waals surface area (Å²) in [4.78, 5) is 17.7. The van der Waals surface area contributed by atoms with Gasteiger partial charge in [-0.2, -0.15) is 17.5 Å². The van der Waals surface area contributed by atoms with E-state index in [0.29, 0.717) is 71.0 Å². The van der Waals surface area contributed by atoms with Crippen LogP contribution in [0.25, 0.3) is 0 Å². The summed E-state index contributed by atoms with van der Waals surface area (Å²) in [6, 6.07) is 0. The molecule has 0 amide bonds. The van der Waals surface area contributed by atoms with Gasteiger partial charge < -0.3 is 0 Å². The van der Waals surface area contributed by atoms with Crippen molar-refractivity contribution in [2.24, 2.45) is 0 Å². The van der Waals surface area contributed by atoms with Gasteiger partial charge in [-0.25, -0.2) is 9.97 Å². The van der Waals surface area contributed by atoms with Crippen LogP contribution in [-0.2, 0) is 0 Å². The fourth-order valence-electron chi connectivity index (χ4n) is 8.63. The lowest BCUT2D eigenvalue weighted by Gasteiger charge is -2.09. The fourth-order valence-corrected chi connectivity index (χ4v) is 14.8. The summed E-state index contributed by atoms with van der Waals surface area (Å²) in [5.41, 5.74) is 13.5. The second kappa shape index (κ2) is 31.7. The van der Waals surface area contributed by atoms with Gasteiger partial charge in [-0.05, 0) is 181 Å². The maximum absolute atomic E-state index is 4.55. The minimum atomic E-state index is 0.562. The molecule has 0 aliphatic heterocycles. The molecule has 0 radical (unpaired) electrons. The zero-order valence-electron chi connectivity index (χ0n) is 51.1. The molecule has 0 spiro atoms. The number of rotatable bonds is 12. The van der Waals surface area contributed by atoms with Crippen LogP contribution in [0.1, 0.15) is 333 Å². The van der Waals surface area contributed by atoms with E-state index in [-0.39, 0.29) is 0 Å². The molecule has 0 saturated heterocycles. The molecule has 12 heteroatoms. The van der Waals surface area contributed by atoms with E-state index in [1.165, 1.54) is 95.7 Å². The Bertz CT molecular complexity index is 2080. The Morgan fingerprint density at radius 1 is 0.250 bits per heavy atom. The highest BCUT2D eigenvalue weighted by molar-refractivity contribution is 7.12. The van der Waals surface area contributed by atoms with Crippen LogP contribution in [0.15, 0.2) is 0 Å². The average Bonchev–Trinajstić information content (AvgIpc) is 4.12. The first-order valence-electron chi connectivity index (χ1n) is 27.0. The molecule has 6 nitrogen and oxygen atoms in total. The summed E-state index contributed by atoms with van der Waals surface area (Å²) in [7, 11) is 0. The first-order valence-corrected chi connectivity index (χ1v) is 31.7. The van der Waals surface area contributed by atoms with E-state index < -0.39 is 0 Å². The Morgan fingerprint density at radius 2 is 0.500 bits per heavy atom. The van der Waals surface area contributed by atoms with Gasteiger partial charge in [-0.3, -0.25) is 0 Å². The van der Waals surface area contributed by atoms with Crippen LogP contribution in [0.3, 0.4) is 0 Å². The van der Waals surface area contributed by atoms with E-state index in [0.717, 1.165) is 0 Å². The highest BCUT2D eigenvalue weighted by Gasteiger charge is 2.20. The van der Waals surface area contributed by atoms with E-state index in [9.17, 15) is 0 Å². The number of thiazole rings is 2. The maximum atomic E-state index is 4.55. The van der Waals surface area contributed by atoms with Gasteiger partial charge in [0.1, 0.15) is 0 Å². The van der Waals surface area contributed by atoms with Crippen molar-refractivity contribution in [1.82, 2.24) is 27.5 Å². The van der Waals surface area contributed by atoms with E-state index >= 15 is 0 Å². The minimum Gasteiger partial charge on any atom is -0.246 e. The van der Waals surface area contributed by atoms with E-state index in [1.807, 2.05) is 22.7 Å². The SMILES string of the molecule is Cc1nc(C(C)C)c(C(C)C)s1.Cc1nc(C(C)C)c(C(C)C)s1.Cc1nsc(C(C)C)c1C(C)C.Cc1nsc(C(C)C)c1C(C)C.Cc1snc(C(C)C)c1C(C)C.Cc1snc(C(C)C)c1C(C)C. The third kappa shape index (κ3) is 20.4. The van der Waals surface area contributed by atoms with Gasteiger partial charge in [0.2, 0.25) is 0 Å². The van der Waals surface area contributed by atoms with Crippen LogP contribution in [0, 0.1) is 41.5 Å². The molecule has 0 bridgehead atoms. The quantitative estimate of drug-likeness (QED) is 0.122. The Kier molecular flexibility index (Phi) is 29.9.